The summed E-state index contributed by atoms with van der Waals surface area (Å²) in [5.74, 6) is -2.78. The van der Waals surface area contributed by atoms with E-state index in [-0.39, 0.29) is 19.3 Å². The molecule has 98 valence electrons. The van der Waals surface area contributed by atoms with Crippen molar-refractivity contribution in [2.24, 2.45) is 0 Å². The normalized spacial score (nSPS) is 13.6. The Bertz CT molecular complexity index is 307. The summed E-state index contributed by atoms with van der Waals surface area (Å²) in [6.07, 6.45) is -0.542. The van der Waals surface area contributed by atoms with Crippen LogP contribution in [0.15, 0.2) is 11.7 Å². The average Bonchev–Trinajstić information content (AvgIpc) is 2.34. The van der Waals surface area contributed by atoms with Crippen LogP contribution in [0.2, 0.25) is 0 Å². The first-order valence-electron chi connectivity index (χ1n) is 5.48. The molecule has 0 aromatic rings. The molecule has 0 saturated carbocycles. The van der Waals surface area contributed by atoms with E-state index in [1.165, 1.54) is 0 Å². The monoisotopic (exact) mass is 246 g/mol. The lowest BCUT2D eigenvalue weighted by Gasteiger charge is -2.15. The number of hydrogen-bond donors (Lipinski definition) is 2. The minimum absolute atomic E-state index is 0.0584. The van der Waals surface area contributed by atoms with E-state index in [0.717, 1.165) is 0 Å². The summed E-state index contributed by atoms with van der Waals surface area (Å²) >= 11 is 0. The minimum atomic E-state index is -1.01. The number of carbonyl (C=O) groups excluding carboxylic acids is 2. The number of ether oxygens (including phenoxy) is 2. The Hall–Kier alpha value is -1.72. The predicted molar refractivity (Wildman–Crippen MR) is 59.1 cm³/mol. The van der Waals surface area contributed by atoms with Crippen LogP contribution in [0.4, 0.5) is 0 Å². The number of aliphatic hydroxyl groups excluding tert-OH is 2. The summed E-state index contributed by atoms with van der Waals surface area (Å²) in [5, 5.41) is 18.8. The van der Waals surface area contributed by atoms with E-state index in [0.29, 0.717) is 0 Å². The molecular formula is C11H18O6. The Balaban J connectivity index is 4.69. The molecule has 17 heavy (non-hydrogen) atoms. The van der Waals surface area contributed by atoms with Gasteiger partial charge < -0.3 is 19.7 Å². The van der Waals surface area contributed by atoms with Crippen molar-refractivity contribution >= 4 is 11.9 Å². The molecule has 0 bridgehead atoms. The van der Waals surface area contributed by atoms with Gasteiger partial charge in [-0.2, -0.15) is 0 Å². The van der Waals surface area contributed by atoms with Gasteiger partial charge in [0, 0.05) is 12.8 Å². The SMILES string of the molecule is CCC(=O)O/C(O)=C(/O)C(CC)OC(=O)CC. The molecular weight excluding hydrogens is 228 g/mol. The van der Waals surface area contributed by atoms with E-state index in [2.05, 4.69) is 4.74 Å². The fourth-order valence-electron chi connectivity index (χ4n) is 0.944. The van der Waals surface area contributed by atoms with Gasteiger partial charge in [-0.15, -0.1) is 0 Å². The Morgan fingerprint density at radius 1 is 1.06 bits per heavy atom. The van der Waals surface area contributed by atoms with Crippen molar-refractivity contribution in [1.82, 2.24) is 0 Å². The molecule has 0 heterocycles. The van der Waals surface area contributed by atoms with Crippen molar-refractivity contribution in [3.05, 3.63) is 11.7 Å². The van der Waals surface area contributed by atoms with Crippen LogP contribution < -0.4 is 0 Å². The van der Waals surface area contributed by atoms with Crippen molar-refractivity contribution in [3.8, 4) is 0 Å². The largest absolute Gasteiger partial charge is 0.503 e. The van der Waals surface area contributed by atoms with Gasteiger partial charge in [-0.1, -0.05) is 20.8 Å². The lowest BCUT2D eigenvalue weighted by atomic mass is 10.2. The summed E-state index contributed by atoms with van der Waals surface area (Å²) in [5.41, 5.74) is 0. The van der Waals surface area contributed by atoms with Crippen LogP contribution >= 0.6 is 0 Å². The van der Waals surface area contributed by atoms with Crippen molar-refractivity contribution in [3.63, 3.8) is 0 Å². The Morgan fingerprint density at radius 3 is 2.00 bits per heavy atom. The van der Waals surface area contributed by atoms with Gasteiger partial charge in [-0.05, 0) is 6.42 Å². The van der Waals surface area contributed by atoms with Gasteiger partial charge in [0.05, 0.1) is 0 Å². The zero-order valence-electron chi connectivity index (χ0n) is 10.2. The van der Waals surface area contributed by atoms with E-state index in [4.69, 9.17) is 4.74 Å². The highest BCUT2D eigenvalue weighted by Gasteiger charge is 2.22. The van der Waals surface area contributed by atoms with Gasteiger partial charge in [0.1, 0.15) is 0 Å². The van der Waals surface area contributed by atoms with Gasteiger partial charge >= 0.3 is 17.9 Å². The summed E-state index contributed by atoms with van der Waals surface area (Å²) < 4.78 is 9.26. The topological polar surface area (TPSA) is 93.1 Å². The van der Waals surface area contributed by atoms with Crippen LogP contribution in [0.1, 0.15) is 40.0 Å². The van der Waals surface area contributed by atoms with E-state index in [1.54, 1.807) is 20.8 Å². The first-order valence-corrected chi connectivity index (χ1v) is 5.48. The maximum Gasteiger partial charge on any atom is 0.328 e. The van der Waals surface area contributed by atoms with Crippen LogP contribution in [0, 0.1) is 0 Å². The maximum absolute atomic E-state index is 11.0. The van der Waals surface area contributed by atoms with Crippen LogP contribution in [-0.2, 0) is 19.1 Å². The second kappa shape index (κ2) is 7.54. The quantitative estimate of drug-likeness (QED) is 0.549. The van der Waals surface area contributed by atoms with Crippen molar-refractivity contribution in [2.45, 2.75) is 46.1 Å². The van der Waals surface area contributed by atoms with Crippen LogP contribution in [0.5, 0.6) is 0 Å². The highest BCUT2D eigenvalue weighted by atomic mass is 16.6. The third-order valence-corrected chi connectivity index (χ3v) is 1.96. The minimum Gasteiger partial charge on any atom is -0.503 e. The number of hydrogen-bond acceptors (Lipinski definition) is 6. The average molecular weight is 246 g/mol. The highest BCUT2D eigenvalue weighted by Crippen LogP contribution is 2.13. The predicted octanol–water partition coefficient (Wildman–Crippen LogP) is 1.96. The van der Waals surface area contributed by atoms with Gasteiger partial charge in [-0.25, -0.2) is 0 Å². The fourth-order valence-corrected chi connectivity index (χ4v) is 0.944. The summed E-state index contributed by atoms with van der Waals surface area (Å²) in [4.78, 5) is 21.9. The summed E-state index contributed by atoms with van der Waals surface area (Å²) in [7, 11) is 0. The summed E-state index contributed by atoms with van der Waals surface area (Å²) in [6.45, 7) is 4.80. The second-order valence-corrected chi connectivity index (χ2v) is 3.26. The fraction of sp³-hybridized carbons (Fsp3) is 0.636. The number of carbonyl (C=O) groups is 2. The van der Waals surface area contributed by atoms with Gasteiger partial charge in [0.2, 0.25) is 5.76 Å². The zero-order chi connectivity index (χ0) is 13.4. The van der Waals surface area contributed by atoms with Crippen molar-refractivity contribution in [2.75, 3.05) is 0 Å². The molecule has 1 unspecified atom stereocenters. The van der Waals surface area contributed by atoms with Gasteiger partial charge in [0.15, 0.2) is 6.10 Å². The molecule has 0 fully saturated rings. The van der Waals surface area contributed by atoms with Crippen LogP contribution in [0.25, 0.3) is 0 Å². The summed E-state index contributed by atoms with van der Waals surface area (Å²) in [6, 6.07) is 0. The molecule has 0 amide bonds. The molecule has 6 heteroatoms. The molecule has 0 aromatic carbocycles. The zero-order valence-corrected chi connectivity index (χ0v) is 10.2. The molecule has 1 atom stereocenters. The molecule has 0 aliphatic heterocycles. The first-order chi connectivity index (χ1) is 7.96. The van der Waals surface area contributed by atoms with Crippen LogP contribution in [-0.4, -0.2) is 28.3 Å². The van der Waals surface area contributed by atoms with E-state index < -0.39 is 29.7 Å². The molecule has 0 aliphatic rings. The standard InChI is InChI=1S/C11H18O6/c1-4-7(16-8(12)5-2)10(14)11(15)17-9(13)6-3/h7,14-15H,4-6H2,1-3H3/b11-10+. The number of rotatable bonds is 6. The number of esters is 2. The lowest BCUT2D eigenvalue weighted by Crippen LogP contribution is -2.21. The molecule has 0 aromatic heterocycles. The van der Waals surface area contributed by atoms with E-state index in [1.807, 2.05) is 0 Å². The molecule has 0 rings (SSSR count). The van der Waals surface area contributed by atoms with E-state index >= 15 is 0 Å². The Kier molecular flexibility index (Phi) is 6.77. The third-order valence-electron chi connectivity index (χ3n) is 1.96. The highest BCUT2D eigenvalue weighted by molar-refractivity contribution is 5.70. The van der Waals surface area contributed by atoms with Crippen molar-refractivity contribution in [1.29, 1.82) is 0 Å². The smallest absolute Gasteiger partial charge is 0.328 e. The molecule has 0 spiro atoms. The molecule has 6 nitrogen and oxygen atoms in total. The first kappa shape index (κ1) is 15.3. The Morgan fingerprint density at radius 2 is 1.59 bits per heavy atom. The maximum atomic E-state index is 11.0. The van der Waals surface area contributed by atoms with Gasteiger partial charge in [-0.3, -0.25) is 9.59 Å². The molecule has 0 radical (unpaired) electrons. The second-order valence-electron chi connectivity index (χ2n) is 3.26. The molecule has 0 aliphatic carbocycles. The number of aliphatic hydroxyl groups is 2. The molecule has 0 saturated heterocycles. The Labute approximate surface area is 99.8 Å². The van der Waals surface area contributed by atoms with Crippen LogP contribution in [0.3, 0.4) is 0 Å². The van der Waals surface area contributed by atoms with Gasteiger partial charge in [0.25, 0.3) is 0 Å². The third kappa shape index (κ3) is 5.24. The van der Waals surface area contributed by atoms with Crippen molar-refractivity contribution < 1.29 is 29.3 Å². The molecule has 2 N–H and O–H groups in total. The van der Waals surface area contributed by atoms with E-state index in [9.17, 15) is 19.8 Å². The lowest BCUT2D eigenvalue weighted by molar-refractivity contribution is -0.149.